The maximum atomic E-state index is 12.1. The maximum absolute atomic E-state index is 12.1. The van der Waals surface area contributed by atoms with Crippen LogP contribution >= 0.6 is 0 Å². The highest BCUT2D eigenvalue weighted by molar-refractivity contribution is 5.98. The summed E-state index contributed by atoms with van der Waals surface area (Å²) in [6, 6.07) is 9.77. The number of esters is 1. The van der Waals surface area contributed by atoms with Crippen molar-refractivity contribution < 1.29 is 36.2 Å². The van der Waals surface area contributed by atoms with Gasteiger partial charge >= 0.3 is 11.8 Å². The van der Waals surface area contributed by atoms with E-state index >= 15 is 0 Å². The van der Waals surface area contributed by atoms with E-state index in [1.54, 1.807) is 21.6 Å². The third kappa shape index (κ3) is 6.48. The minimum atomic E-state index is -0.552. The lowest BCUT2D eigenvalue weighted by molar-refractivity contribution is -0.695. The largest absolute Gasteiger partial charge is 1.00 e. The standard InChI is InChI=1S/C19H27N4O3.BrH/c1-19(2,3)26-17(25)13-22-11-12-23(16(22)14-24)20-18(21(4)5)15-9-7-6-8-10-15;/h6-12,24H,13-14H2,1-5H3;1H/q+1;/p-1. The molecule has 0 saturated carbocycles. The van der Waals surface area contributed by atoms with Crippen LogP contribution in [0.1, 0.15) is 32.2 Å². The Morgan fingerprint density at radius 3 is 2.41 bits per heavy atom. The third-order valence-electron chi connectivity index (χ3n) is 3.50. The number of benzene rings is 1. The van der Waals surface area contributed by atoms with Crippen molar-refractivity contribution in [2.45, 2.75) is 39.5 Å². The summed E-state index contributed by atoms with van der Waals surface area (Å²) in [4.78, 5) is 14.0. The molecular weight excluding hydrogens is 412 g/mol. The Balaban J connectivity index is 0.00000364. The third-order valence-corrected chi connectivity index (χ3v) is 3.50. The zero-order valence-electron chi connectivity index (χ0n) is 16.4. The van der Waals surface area contributed by atoms with Crippen molar-refractivity contribution in [3.8, 4) is 0 Å². The molecule has 1 heterocycles. The molecule has 0 atom stereocenters. The van der Waals surface area contributed by atoms with E-state index in [1.165, 1.54) is 0 Å². The zero-order valence-corrected chi connectivity index (χ0v) is 18.0. The van der Waals surface area contributed by atoms with Gasteiger partial charge in [0.2, 0.25) is 0 Å². The number of amidine groups is 1. The number of aromatic nitrogens is 2. The summed E-state index contributed by atoms with van der Waals surface area (Å²) >= 11 is 0. The molecule has 0 unspecified atom stereocenters. The quantitative estimate of drug-likeness (QED) is 0.263. The number of carbonyl (C=O) groups is 1. The van der Waals surface area contributed by atoms with Crippen LogP contribution < -0.4 is 21.5 Å². The number of hydrogen-bond donors (Lipinski definition) is 1. The van der Waals surface area contributed by atoms with Gasteiger partial charge in [-0.15, -0.1) is 4.68 Å². The predicted octanol–water partition coefficient (Wildman–Crippen LogP) is -1.61. The first-order valence-corrected chi connectivity index (χ1v) is 8.45. The van der Waals surface area contributed by atoms with E-state index in [0.29, 0.717) is 5.82 Å². The maximum Gasteiger partial charge on any atom is 0.349 e. The molecule has 0 fully saturated rings. The number of ether oxygens (including phenoxy) is 1. The minimum Gasteiger partial charge on any atom is -1.00 e. The molecule has 1 N–H and O–H groups in total. The first-order valence-electron chi connectivity index (χ1n) is 8.45. The van der Waals surface area contributed by atoms with Gasteiger partial charge in [0.1, 0.15) is 18.4 Å². The van der Waals surface area contributed by atoms with Crippen LogP contribution in [0.5, 0.6) is 0 Å². The first kappa shape index (κ1) is 22.9. The van der Waals surface area contributed by atoms with E-state index in [-0.39, 0.29) is 36.1 Å². The Labute approximate surface area is 170 Å². The van der Waals surface area contributed by atoms with Crippen molar-refractivity contribution in [1.29, 1.82) is 0 Å². The summed E-state index contributed by atoms with van der Waals surface area (Å²) < 4.78 is 8.56. The number of imidazole rings is 1. The van der Waals surface area contributed by atoms with Crippen LogP contribution in [0.2, 0.25) is 0 Å². The number of rotatable bonds is 5. The molecule has 0 saturated heterocycles. The highest BCUT2D eigenvalue weighted by Crippen LogP contribution is 2.08. The summed E-state index contributed by atoms with van der Waals surface area (Å²) in [5.41, 5.74) is 0.400. The average Bonchev–Trinajstić information content (AvgIpc) is 2.92. The molecule has 148 valence electrons. The first-order chi connectivity index (χ1) is 12.2. The molecule has 0 radical (unpaired) electrons. The molecule has 27 heavy (non-hydrogen) atoms. The van der Waals surface area contributed by atoms with E-state index in [9.17, 15) is 9.90 Å². The van der Waals surface area contributed by atoms with Crippen molar-refractivity contribution in [2.75, 3.05) is 14.1 Å². The van der Waals surface area contributed by atoms with Gasteiger partial charge in [0.05, 0.1) is 0 Å². The zero-order chi connectivity index (χ0) is 19.3. The Kier molecular flexibility index (Phi) is 8.18. The summed E-state index contributed by atoms with van der Waals surface area (Å²) in [5.74, 6) is 0.862. The Bertz CT molecular complexity index is 780. The average molecular weight is 439 g/mol. The number of halogens is 1. The van der Waals surface area contributed by atoms with Crippen molar-refractivity contribution in [3.63, 3.8) is 0 Å². The van der Waals surface area contributed by atoms with Crippen LogP contribution in [0.15, 0.2) is 47.8 Å². The van der Waals surface area contributed by atoms with E-state index in [2.05, 4.69) is 5.10 Å². The number of hydrogen-bond acceptors (Lipinski definition) is 4. The Hall–Kier alpha value is -2.19. The second-order valence-electron chi connectivity index (χ2n) is 7.12. The molecule has 7 nitrogen and oxygen atoms in total. The van der Waals surface area contributed by atoms with Crippen LogP contribution in [0.25, 0.3) is 0 Å². The molecule has 1 aromatic carbocycles. The number of carbonyl (C=O) groups excluding carboxylic acids is 1. The Morgan fingerprint density at radius 2 is 1.89 bits per heavy atom. The molecule has 1 aromatic heterocycles. The highest BCUT2D eigenvalue weighted by atomic mass is 79.9. The van der Waals surface area contributed by atoms with E-state index in [1.807, 2.05) is 70.1 Å². The van der Waals surface area contributed by atoms with Gasteiger partial charge in [-0.2, -0.15) is 0 Å². The normalized spacial score (nSPS) is 11.7. The molecule has 0 aliphatic carbocycles. The number of aliphatic hydroxyl groups is 1. The summed E-state index contributed by atoms with van der Waals surface area (Å²) in [6.07, 6.45) is 3.42. The number of aliphatic hydroxyl groups excluding tert-OH is 1. The predicted molar refractivity (Wildman–Crippen MR) is 98.5 cm³/mol. The lowest BCUT2D eigenvalue weighted by Crippen LogP contribution is -3.00. The molecule has 0 amide bonds. The molecular formula is C19H27BrN4O3. The molecule has 2 aromatic rings. The minimum absolute atomic E-state index is 0. The fourth-order valence-electron chi connectivity index (χ4n) is 2.45. The molecule has 0 spiro atoms. The van der Waals surface area contributed by atoms with Crippen molar-refractivity contribution in [1.82, 2.24) is 9.58 Å². The summed E-state index contributed by atoms with van der Waals surface area (Å²) in [5, 5.41) is 14.4. The van der Waals surface area contributed by atoms with Gasteiger partial charge in [-0.05, 0) is 20.8 Å². The van der Waals surface area contributed by atoms with Gasteiger partial charge in [0.25, 0.3) is 0 Å². The highest BCUT2D eigenvalue weighted by Gasteiger charge is 2.23. The van der Waals surface area contributed by atoms with Crippen molar-refractivity contribution in [2.24, 2.45) is 5.10 Å². The van der Waals surface area contributed by atoms with Crippen LogP contribution in [-0.4, -0.2) is 46.2 Å². The fraction of sp³-hybridized carbons (Fsp3) is 0.421. The summed E-state index contributed by atoms with van der Waals surface area (Å²) in [7, 11) is 3.81. The van der Waals surface area contributed by atoms with Gasteiger partial charge in [-0.1, -0.05) is 35.4 Å². The van der Waals surface area contributed by atoms with Crippen molar-refractivity contribution >= 4 is 11.8 Å². The molecule has 0 aliphatic heterocycles. The second kappa shape index (κ2) is 9.66. The smallest absolute Gasteiger partial charge is 0.349 e. The molecule has 0 bridgehead atoms. The van der Waals surface area contributed by atoms with Crippen LogP contribution in [-0.2, 0) is 22.7 Å². The monoisotopic (exact) mass is 438 g/mol. The van der Waals surface area contributed by atoms with Crippen LogP contribution in [0.4, 0.5) is 0 Å². The molecule has 2 rings (SSSR count). The molecule has 8 heteroatoms. The van der Waals surface area contributed by atoms with Crippen LogP contribution in [0.3, 0.4) is 0 Å². The summed E-state index contributed by atoms with van der Waals surface area (Å²) in [6.45, 7) is 5.22. The van der Waals surface area contributed by atoms with Crippen molar-refractivity contribution in [3.05, 3.63) is 54.1 Å². The topological polar surface area (TPSA) is 70.9 Å². The van der Waals surface area contributed by atoms with Gasteiger partial charge in [-0.25, -0.2) is 9.36 Å². The number of nitrogens with zero attached hydrogens (tertiary/aromatic N) is 4. The van der Waals surface area contributed by atoms with Gasteiger partial charge < -0.3 is 31.7 Å². The SMILES string of the molecule is CN(C)C(=Nn1cc[n+](CC(=O)OC(C)(C)C)c1CO)c1ccccc1.[Br-]. The van der Waals surface area contributed by atoms with E-state index in [0.717, 1.165) is 11.4 Å². The van der Waals surface area contributed by atoms with Gasteiger partial charge in [0, 0.05) is 19.7 Å². The van der Waals surface area contributed by atoms with Crippen LogP contribution in [0, 0.1) is 0 Å². The fourth-order valence-corrected chi connectivity index (χ4v) is 2.45. The second-order valence-corrected chi connectivity index (χ2v) is 7.12. The van der Waals surface area contributed by atoms with Gasteiger partial charge in [-0.3, -0.25) is 0 Å². The lowest BCUT2D eigenvalue weighted by Gasteiger charge is -2.18. The Morgan fingerprint density at radius 1 is 1.26 bits per heavy atom. The lowest BCUT2D eigenvalue weighted by atomic mass is 10.2. The van der Waals surface area contributed by atoms with E-state index < -0.39 is 5.60 Å². The van der Waals surface area contributed by atoms with Gasteiger partial charge in [0.15, 0.2) is 18.6 Å². The van der Waals surface area contributed by atoms with E-state index in [4.69, 9.17) is 4.74 Å². The molecule has 0 aliphatic rings.